The molecule has 2 aromatic carbocycles. The maximum absolute atomic E-state index is 12.1. The summed E-state index contributed by atoms with van der Waals surface area (Å²) in [5.74, 6) is 2.32. The molecule has 1 fully saturated rings. The van der Waals surface area contributed by atoms with E-state index in [4.69, 9.17) is 4.74 Å². The van der Waals surface area contributed by atoms with Gasteiger partial charge in [0.1, 0.15) is 11.9 Å². The minimum Gasteiger partial charge on any atom is -0.490 e. The number of amides is 1. The highest BCUT2D eigenvalue weighted by Crippen LogP contribution is 2.19. The molecule has 0 aliphatic carbocycles. The Labute approximate surface area is 172 Å². The summed E-state index contributed by atoms with van der Waals surface area (Å²) in [6, 6.07) is 16.5. The predicted octanol–water partition coefficient (Wildman–Crippen LogP) is 4.02. The van der Waals surface area contributed by atoms with Gasteiger partial charge in [-0.2, -0.15) is 0 Å². The molecule has 2 aromatic rings. The Bertz CT molecular complexity index is 738. The van der Waals surface area contributed by atoms with Crippen LogP contribution in [0.3, 0.4) is 0 Å². The number of carbonyl (C=O) groups excluding carboxylic acids is 1. The number of benzene rings is 2. The van der Waals surface area contributed by atoms with Crippen molar-refractivity contribution >= 4 is 17.7 Å². The number of likely N-dealkylation sites (tertiary alicyclic amines) is 1. The Morgan fingerprint density at radius 1 is 1.07 bits per heavy atom. The van der Waals surface area contributed by atoms with Crippen molar-refractivity contribution in [3.63, 3.8) is 0 Å². The average molecular weight is 399 g/mol. The molecule has 1 saturated heterocycles. The molecule has 0 aromatic heterocycles. The lowest BCUT2D eigenvalue weighted by atomic mass is 10.1. The molecule has 0 radical (unpaired) electrons. The van der Waals surface area contributed by atoms with Crippen LogP contribution in [0.25, 0.3) is 0 Å². The fraction of sp³-hybridized carbons (Fsp3) is 0.435. The Morgan fingerprint density at radius 3 is 2.39 bits per heavy atom. The number of thioether (sulfide) groups is 1. The minimum atomic E-state index is 0.0729. The quantitative estimate of drug-likeness (QED) is 0.729. The van der Waals surface area contributed by atoms with Crippen LogP contribution in [0, 0.1) is 6.92 Å². The van der Waals surface area contributed by atoms with Gasteiger partial charge in [-0.1, -0.05) is 42.0 Å². The molecule has 5 heteroatoms. The molecule has 3 rings (SSSR count). The van der Waals surface area contributed by atoms with Crippen LogP contribution >= 0.6 is 11.8 Å². The second kappa shape index (κ2) is 10.5. The normalized spacial score (nSPS) is 15.4. The Kier molecular flexibility index (Phi) is 7.80. The van der Waals surface area contributed by atoms with Crippen LogP contribution in [0.15, 0.2) is 48.5 Å². The average Bonchev–Trinajstić information content (AvgIpc) is 2.71. The summed E-state index contributed by atoms with van der Waals surface area (Å²) in [7, 11) is 2.15. The van der Waals surface area contributed by atoms with Crippen LogP contribution in [-0.2, 0) is 17.1 Å². The third-order valence-corrected chi connectivity index (χ3v) is 6.01. The minimum absolute atomic E-state index is 0.0729. The molecule has 1 N–H and O–H groups in total. The highest BCUT2D eigenvalue weighted by molar-refractivity contribution is 7.99. The molecular weight excluding hydrogens is 368 g/mol. The van der Waals surface area contributed by atoms with Crippen molar-refractivity contribution in [2.24, 2.45) is 0 Å². The third kappa shape index (κ3) is 6.88. The van der Waals surface area contributed by atoms with Crippen molar-refractivity contribution in [3.05, 3.63) is 65.2 Å². The summed E-state index contributed by atoms with van der Waals surface area (Å²) in [5, 5.41) is 2.99. The Balaban J connectivity index is 1.34. The molecule has 1 aliphatic heterocycles. The van der Waals surface area contributed by atoms with Gasteiger partial charge in [0.25, 0.3) is 0 Å². The SMILES string of the molecule is Cc1ccc(CSCC(=O)NCc2ccc(OC3CCN(C)CC3)cc2)cc1. The van der Waals surface area contributed by atoms with Crippen LogP contribution in [0.4, 0.5) is 0 Å². The smallest absolute Gasteiger partial charge is 0.230 e. The van der Waals surface area contributed by atoms with E-state index in [1.807, 2.05) is 24.3 Å². The Morgan fingerprint density at radius 2 is 1.71 bits per heavy atom. The van der Waals surface area contributed by atoms with Gasteiger partial charge in [-0.25, -0.2) is 0 Å². The second-order valence-electron chi connectivity index (χ2n) is 7.52. The maximum atomic E-state index is 12.1. The van der Waals surface area contributed by atoms with Crippen LogP contribution < -0.4 is 10.1 Å². The zero-order valence-corrected chi connectivity index (χ0v) is 17.6. The molecule has 150 valence electrons. The summed E-state index contributed by atoms with van der Waals surface area (Å²) in [6.45, 7) is 4.82. The van der Waals surface area contributed by atoms with Gasteiger partial charge >= 0.3 is 0 Å². The van der Waals surface area contributed by atoms with Crippen molar-refractivity contribution < 1.29 is 9.53 Å². The molecule has 0 bridgehead atoms. The van der Waals surface area contributed by atoms with Gasteiger partial charge in [0, 0.05) is 25.4 Å². The number of ether oxygens (including phenoxy) is 1. The lowest BCUT2D eigenvalue weighted by molar-refractivity contribution is -0.118. The zero-order valence-electron chi connectivity index (χ0n) is 16.8. The first-order valence-electron chi connectivity index (χ1n) is 9.92. The third-order valence-electron chi connectivity index (χ3n) is 5.00. The summed E-state index contributed by atoms with van der Waals surface area (Å²) in [5.41, 5.74) is 3.60. The van der Waals surface area contributed by atoms with Gasteiger partial charge in [0.05, 0.1) is 5.75 Å². The maximum Gasteiger partial charge on any atom is 0.230 e. The molecule has 1 amide bonds. The van der Waals surface area contributed by atoms with Crippen molar-refractivity contribution in [1.29, 1.82) is 0 Å². The number of nitrogens with zero attached hydrogens (tertiary/aromatic N) is 1. The number of aryl methyl sites for hydroxylation is 1. The molecule has 0 unspecified atom stereocenters. The van der Waals surface area contributed by atoms with Gasteiger partial charge in [0.2, 0.25) is 5.91 Å². The van der Waals surface area contributed by atoms with Crippen LogP contribution in [0.1, 0.15) is 29.5 Å². The highest BCUT2D eigenvalue weighted by atomic mass is 32.2. The molecule has 0 atom stereocenters. The largest absolute Gasteiger partial charge is 0.490 e. The molecule has 1 aliphatic rings. The van der Waals surface area contributed by atoms with Gasteiger partial charge in [-0.15, -0.1) is 11.8 Å². The van der Waals surface area contributed by atoms with Gasteiger partial charge in [0.15, 0.2) is 0 Å². The highest BCUT2D eigenvalue weighted by Gasteiger charge is 2.17. The van der Waals surface area contributed by atoms with E-state index in [2.05, 4.69) is 48.5 Å². The lowest BCUT2D eigenvalue weighted by Crippen LogP contribution is -2.35. The van der Waals surface area contributed by atoms with Crippen molar-refractivity contribution in [1.82, 2.24) is 10.2 Å². The van der Waals surface area contributed by atoms with E-state index in [1.54, 1.807) is 11.8 Å². The molecule has 0 spiro atoms. The topological polar surface area (TPSA) is 41.6 Å². The second-order valence-corrected chi connectivity index (χ2v) is 8.51. The summed E-state index contributed by atoms with van der Waals surface area (Å²) >= 11 is 1.64. The van der Waals surface area contributed by atoms with E-state index in [0.717, 1.165) is 43.0 Å². The van der Waals surface area contributed by atoms with E-state index in [0.29, 0.717) is 18.4 Å². The lowest BCUT2D eigenvalue weighted by Gasteiger charge is -2.29. The zero-order chi connectivity index (χ0) is 19.8. The number of carbonyl (C=O) groups is 1. The van der Waals surface area contributed by atoms with E-state index in [9.17, 15) is 4.79 Å². The number of piperidine rings is 1. The first-order chi connectivity index (χ1) is 13.6. The molecule has 1 heterocycles. The molecule has 0 saturated carbocycles. The molecule has 4 nitrogen and oxygen atoms in total. The number of nitrogens with one attached hydrogen (secondary N) is 1. The van der Waals surface area contributed by atoms with Crippen LogP contribution in [0.5, 0.6) is 5.75 Å². The first kappa shape index (κ1) is 20.7. The summed E-state index contributed by atoms with van der Waals surface area (Å²) in [6.07, 6.45) is 2.47. The number of rotatable bonds is 8. The van der Waals surface area contributed by atoms with Gasteiger partial charge < -0.3 is 15.0 Å². The van der Waals surface area contributed by atoms with Crippen LogP contribution in [-0.4, -0.2) is 42.8 Å². The number of hydrogen-bond acceptors (Lipinski definition) is 4. The Hall–Kier alpha value is -1.98. The summed E-state index contributed by atoms with van der Waals surface area (Å²) < 4.78 is 6.07. The van der Waals surface area contributed by atoms with E-state index in [-0.39, 0.29) is 5.91 Å². The van der Waals surface area contributed by atoms with Crippen molar-refractivity contribution in [2.45, 2.75) is 38.2 Å². The van der Waals surface area contributed by atoms with Crippen molar-refractivity contribution in [2.75, 3.05) is 25.9 Å². The predicted molar refractivity (Wildman–Crippen MR) is 117 cm³/mol. The van der Waals surface area contributed by atoms with E-state index < -0.39 is 0 Å². The van der Waals surface area contributed by atoms with E-state index >= 15 is 0 Å². The number of hydrogen-bond donors (Lipinski definition) is 1. The molecular formula is C23H30N2O2S. The molecule has 28 heavy (non-hydrogen) atoms. The van der Waals surface area contributed by atoms with Gasteiger partial charge in [-0.05, 0) is 50.1 Å². The fourth-order valence-corrected chi connectivity index (χ4v) is 4.00. The summed E-state index contributed by atoms with van der Waals surface area (Å²) in [4.78, 5) is 14.4. The van der Waals surface area contributed by atoms with Crippen molar-refractivity contribution in [3.8, 4) is 5.75 Å². The van der Waals surface area contributed by atoms with Gasteiger partial charge in [-0.3, -0.25) is 4.79 Å². The fourth-order valence-electron chi connectivity index (χ4n) is 3.18. The monoisotopic (exact) mass is 398 g/mol. The first-order valence-corrected chi connectivity index (χ1v) is 11.1. The van der Waals surface area contributed by atoms with Crippen LogP contribution in [0.2, 0.25) is 0 Å². The van der Waals surface area contributed by atoms with E-state index in [1.165, 1.54) is 11.1 Å². The standard InChI is InChI=1S/C23H30N2O2S/c1-18-3-5-20(6-4-18)16-28-17-23(26)24-15-19-7-9-21(10-8-19)27-22-11-13-25(2)14-12-22/h3-10,22H,11-17H2,1-2H3,(H,24,26).